The summed E-state index contributed by atoms with van der Waals surface area (Å²) < 4.78 is 5.06. The average molecular weight is 189 g/mol. The molecule has 0 aromatic heterocycles. The van der Waals surface area contributed by atoms with E-state index < -0.39 is 0 Å². The SMILES string of the molecule is Cl/C=C(/Cl)Oc1ccccc1. The summed E-state index contributed by atoms with van der Waals surface area (Å²) in [5.41, 5.74) is 1.18. The van der Waals surface area contributed by atoms with Crippen LogP contribution in [-0.4, -0.2) is 0 Å². The molecule has 0 unspecified atom stereocenters. The summed E-state index contributed by atoms with van der Waals surface area (Å²) >= 11 is 10.8. The molecule has 0 N–H and O–H groups in total. The lowest BCUT2D eigenvalue weighted by atomic mass is 10.3. The maximum absolute atomic E-state index is 5.51. The van der Waals surface area contributed by atoms with Crippen LogP contribution in [0.5, 0.6) is 5.75 Å². The molecule has 0 fully saturated rings. The number of para-hydroxylation sites is 1. The van der Waals surface area contributed by atoms with Gasteiger partial charge < -0.3 is 4.74 Å². The van der Waals surface area contributed by atoms with Crippen molar-refractivity contribution in [2.45, 2.75) is 0 Å². The van der Waals surface area contributed by atoms with E-state index in [0.29, 0.717) is 5.75 Å². The molecule has 0 aliphatic carbocycles. The van der Waals surface area contributed by atoms with E-state index >= 15 is 0 Å². The van der Waals surface area contributed by atoms with E-state index in [9.17, 15) is 0 Å². The Balaban J connectivity index is 2.65. The molecule has 0 aliphatic heterocycles. The summed E-state index contributed by atoms with van der Waals surface area (Å²) in [6.45, 7) is 0. The maximum atomic E-state index is 5.51. The van der Waals surface area contributed by atoms with Crippen molar-refractivity contribution in [3.8, 4) is 5.75 Å². The largest absolute Gasteiger partial charge is 0.444 e. The second kappa shape index (κ2) is 4.27. The van der Waals surface area contributed by atoms with E-state index in [1.54, 1.807) is 12.1 Å². The molecule has 0 heterocycles. The number of halogens is 2. The smallest absolute Gasteiger partial charge is 0.205 e. The van der Waals surface area contributed by atoms with Crippen molar-refractivity contribution >= 4 is 23.2 Å². The fourth-order valence-corrected chi connectivity index (χ4v) is 0.757. The first kappa shape index (κ1) is 8.44. The van der Waals surface area contributed by atoms with Crippen LogP contribution in [0.1, 0.15) is 0 Å². The highest BCUT2D eigenvalue weighted by molar-refractivity contribution is 6.35. The molecule has 11 heavy (non-hydrogen) atoms. The quantitative estimate of drug-likeness (QED) is 0.648. The Morgan fingerprint density at radius 1 is 1.27 bits per heavy atom. The first-order valence-corrected chi connectivity index (χ1v) is 3.83. The number of hydrogen-bond donors (Lipinski definition) is 0. The Morgan fingerprint density at radius 3 is 2.45 bits per heavy atom. The highest BCUT2D eigenvalue weighted by Gasteiger charge is 1.92. The van der Waals surface area contributed by atoms with Crippen molar-refractivity contribution in [3.63, 3.8) is 0 Å². The molecular formula is C8H6Cl2O. The molecule has 0 saturated carbocycles. The van der Waals surface area contributed by atoms with Crippen molar-refractivity contribution in [2.24, 2.45) is 0 Å². The van der Waals surface area contributed by atoms with E-state index in [4.69, 9.17) is 27.9 Å². The van der Waals surface area contributed by atoms with Gasteiger partial charge in [0.05, 0.1) is 5.54 Å². The molecule has 1 aromatic rings. The number of hydrogen-bond acceptors (Lipinski definition) is 1. The van der Waals surface area contributed by atoms with Gasteiger partial charge in [0.2, 0.25) is 5.22 Å². The molecule has 0 radical (unpaired) electrons. The van der Waals surface area contributed by atoms with Crippen LogP contribution in [0, 0.1) is 0 Å². The summed E-state index contributed by atoms with van der Waals surface area (Å²) in [7, 11) is 0. The predicted molar refractivity (Wildman–Crippen MR) is 46.9 cm³/mol. The third-order valence-electron chi connectivity index (χ3n) is 1.04. The van der Waals surface area contributed by atoms with Crippen molar-refractivity contribution in [3.05, 3.63) is 41.1 Å². The van der Waals surface area contributed by atoms with Crippen LogP contribution < -0.4 is 4.74 Å². The van der Waals surface area contributed by atoms with Crippen LogP contribution in [0.3, 0.4) is 0 Å². The topological polar surface area (TPSA) is 9.23 Å². The molecule has 58 valence electrons. The Kier molecular flexibility index (Phi) is 3.27. The molecule has 0 amide bonds. The monoisotopic (exact) mass is 188 g/mol. The lowest BCUT2D eigenvalue weighted by molar-refractivity contribution is 0.464. The standard InChI is InChI=1S/C8H6Cl2O/c9-6-8(10)11-7-4-2-1-3-5-7/h1-6H/b8-6-. The molecule has 0 aliphatic rings. The van der Waals surface area contributed by atoms with Gasteiger partial charge in [0, 0.05) is 0 Å². The zero-order valence-corrected chi connectivity index (χ0v) is 7.14. The second-order valence-electron chi connectivity index (χ2n) is 1.83. The summed E-state index contributed by atoms with van der Waals surface area (Å²) in [4.78, 5) is 0. The van der Waals surface area contributed by atoms with Gasteiger partial charge in [0.1, 0.15) is 5.75 Å². The minimum absolute atomic E-state index is 0.165. The summed E-state index contributed by atoms with van der Waals surface area (Å²) in [6.07, 6.45) is 0. The van der Waals surface area contributed by atoms with Crippen LogP contribution in [-0.2, 0) is 0 Å². The second-order valence-corrected chi connectivity index (χ2v) is 2.42. The number of benzene rings is 1. The molecule has 0 saturated heterocycles. The van der Waals surface area contributed by atoms with Gasteiger partial charge in [-0.2, -0.15) is 0 Å². The van der Waals surface area contributed by atoms with Gasteiger partial charge in [-0.1, -0.05) is 29.8 Å². The fourth-order valence-electron chi connectivity index (χ4n) is 0.623. The summed E-state index contributed by atoms with van der Waals surface area (Å²) in [5.74, 6) is 0.675. The van der Waals surface area contributed by atoms with E-state index in [1.165, 1.54) is 5.54 Å². The van der Waals surface area contributed by atoms with Gasteiger partial charge in [-0.05, 0) is 23.7 Å². The van der Waals surface area contributed by atoms with Gasteiger partial charge in [-0.3, -0.25) is 0 Å². The minimum atomic E-state index is 0.165. The normalized spacial score (nSPS) is 11.3. The van der Waals surface area contributed by atoms with E-state index in [0.717, 1.165) is 0 Å². The van der Waals surface area contributed by atoms with Crippen LogP contribution in [0.25, 0.3) is 0 Å². The lowest BCUT2D eigenvalue weighted by Crippen LogP contribution is -1.85. The van der Waals surface area contributed by atoms with Crippen LogP contribution in [0.2, 0.25) is 0 Å². The summed E-state index contributed by atoms with van der Waals surface area (Å²) in [6, 6.07) is 9.19. The Bertz CT molecular complexity index is 244. The van der Waals surface area contributed by atoms with Crippen molar-refractivity contribution in [2.75, 3.05) is 0 Å². The van der Waals surface area contributed by atoms with Crippen molar-refractivity contribution in [1.29, 1.82) is 0 Å². The third-order valence-corrected chi connectivity index (χ3v) is 1.54. The van der Waals surface area contributed by atoms with Gasteiger partial charge in [-0.15, -0.1) is 0 Å². The molecule has 1 nitrogen and oxygen atoms in total. The first-order valence-electron chi connectivity index (χ1n) is 3.01. The van der Waals surface area contributed by atoms with Crippen molar-refractivity contribution < 1.29 is 4.74 Å². The molecule has 0 atom stereocenters. The Morgan fingerprint density at radius 2 is 1.91 bits per heavy atom. The lowest BCUT2D eigenvalue weighted by Gasteiger charge is -2.00. The van der Waals surface area contributed by atoms with E-state index in [-0.39, 0.29) is 5.22 Å². The molecule has 3 heteroatoms. The van der Waals surface area contributed by atoms with E-state index in [1.807, 2.05) is 18.2 Å². The van der Waals surface area contributed by atoms with Gasteiger partial charge >= 0.3 is 0 Å². The average Bonchev–Trinajstić information content (AvgIpc) is 2.06. The molecule has 1 aromatic carbocycles. The van der Waals surface area contributed by atoms with Crippen molar-refractivity contribution in [1.82, 2.24) is 0 Å². The highest BCUT2D eigenvalue weighted by atomic mass is 35.5. The van der Waals surface area contributed by atoms with Crippen LogP contribution in [0.15, 0.2) is 41.1 Å². The third kappa shape index (κ3) is 2.83. The Labute approximate surface area is 75.2 Å². The van der Waals surface area contributed by atoms with Crippen LogP contribution in [0.4, 0.5) is 0 Å². The molecular weight excluding hydrogens is 183 g/mol. The van der Waals surface area contributed by atoms with Gasteiger partial charge in [0.15, 0.2) is 0 Å². The Hall–Kier alpha value is -0.660. The minimum Gasteiger partial charge on any atom is -0.444 e. The molecule has 0 bridgehead atoms. The number of rotatable bonds is 2. The van der Waals surface area contributed by atoms with Gasteiger partial charge in [-0.25, -0.2) is 0 Å². The fraction of sp³-hybridized carbons (Fsp3) is 0. The van der Waals surface area contributed by atoms with Gasteiger partial charge in [0.25, 0.3) is 0 Å². The maximum Gasteiger partial charge on any atom is 0.205 e. The molecule has 0 spiro atoms. The predicted octanol–water partition coefficient (Wildman–Crippen LogP) is 3.34. The van der Waals surface area contributed by atoms with E-state index in [2.05, 4.69) is 0 Å². The molecule has 1 rings (SSSR count). The zero-order chi connectivity index (χ0) is 8.10. The zero-order valence-electron chi connectivity index (χ0n) is 5.63. The highest BCUT2D eigenvalue weighted by Crippen LogP contribution is 2.14. The summed E-state index contributed by atoms with van der Waals surface area (Å²) in [5, 5.41) is 0.165. The van der Waals surface area contributed by atoms with Crippen LogP contribution >= 0.6 is 23.2 Å². The number of ether oxygens (including phenoxy) is 1. The first-order chi connectivity index (χ1) is 5.33.